The zero-order valence-corrected chi connectivity index (χ0v) is 16.7. The van der Waals surface area contributed by atoms with Crippen LogP contribution in [0.1, 0.15) is 28.6 Å². The third-order valence-corrected chi connectivity index (χ3v) is 4.05. The number of carbonyl (C=O) groups excluding carboxylic acids is 2. The summed E-state index contributed by atoms with van der Waals surface area (Å²) in [5.74, 6) is -0.0178. The Kier molecular flexibility index (Phi) is 7.16. The molecule has 0 saturated heterocycles. The second-order valence-corrected chi connectivity index (χ2v) is 6.20. The summed E-state index contributed by atoms with van der Waals surface area (Å²) in [6.07, 6.45) is 5.88. The van der Waals surface area contributed by atoms with Crippen molar-refractivity contribution in [1.82, 2.24) is 10.3 Å². The fourth-order valence-electron chi connectivity index (χ4n) is 2.60. The van der Waals surface area contributed by atoms with Gasteiger partial charge in [0, 0.05) is 12.4 Å². The van der Waals surface area contributed by atoms with Crippen molar-refractivity contribution in [2.75, 3.05) is 6.61 Å². The lowest BCUT2D eigenvalue weighted by Gasteiger charge is -2.11. The molecule has 0 saturated carbocycles. The third kappa shape index (κ3) is 5.81. The predicted molar refractivity (Wildman–Crippen MR) is 111 cm³/mol. The first-order valence-corrected chi connectivity index (χ1v) is 9.42. The molecule has 31 heavy (non-hydrogen) atoms. The average molecular weight is 417 g/mol. The molecule has 3 aromatic rings. The average Bonchev–Trinajstić information content (AvgIpc) is 3.32. The molecule has 0 unspecified atom stereocenters. The highest BCUT2D eigenvalue weighted by Gasteiger charge is 2.15. The maximum absolute atomic E-state index is 12.3. The molecule has 2 heterocycles. The van der Waals surface area contributed by atoms with Crippen molar-refractivity contribution >= 4 is 18.0 Å². The van der Waals surface area contributed by atoms with Crippen LogP contribution in [0.5, 0.6) is 11.5 Å². The van der Waals surface area contributed by atoms with Crippen LogP contribution < -0.4 is 14.8 Å². The summed E-state index contributed by atoms with van der Waals surface area (Å²) < 4.78 is 16.1. The van der Waals surface area contributed by atoms with Crippen LogP contribution in [-0.4, -0.2) is 23.5 Å². The molecule has 0 radical (unpaired) electrons. The van der Waals surface area contributed by atoms with Gasteiger partial charge in [0.25, 0.3) is 5.91 Å². The Bertz CT molecular complexity index is 1120. The molecule has 0 bridgehead atoms. The van der Waals surface area contributed by atoms with Gasteiger partial charge in [-0.25, -0.2) is 4.79 Å². The zero-order chi connectivity index (χ0) is 22.1. The Morgan fingerprint density at radius 2 is 2.10 bits per heavy atom. The summed E-state index contributed by atoms with van der Waals surface area (Å²) in [6, 6.07) is 13.3. The number of ether oxygens (including phenoxy) is 2. The standard InChI is InChI=1S/C23H19N3O5/c1-2-29-21-12-16(7-8-20(21)31-23(28)17-5-3-9-25-14-17)11-18(13-24)22(27)26-15-19-6-4-10-30-19/h3-12,14H,2,15H2,1H3,(H,26,27)/b18-11+. The lowest BCUT2D eigenvalue weighted by atomic mass is 10.1. The number of hydrogen-bond acceptors (Lipinski definition) is 7. The molecule has 0 fully saturated rings. The lowest BCUT2D eigenvalue weighted by molar-refractivity contribution is -0.117. The van der Waals surface area contributed by atoms with Crippen LogP contribution >= 0.6 is 0 Å². The second kappa shape index (κ2) is 10.4. The quantitative estimate of drug-likeness (QED) is 0.258. The number of furan rings is 1. The van der Waals surface area contributed by atoms with Gasteiger partial charge in [-0.3, -0.25) is 9.78 Å². The van der Waals surface area contributed by atoms with Crippen molar-refractivity contribution < 1.29 is 23.5 Å². The number of pyridine rings is 1. The third-order valence-electron chi connectivity index (χ3n) is 4.05. The summed E-state index contributed by atoms with van der Waals surface area (Å²) in [5.41, 5.74) is 0.748. The number of hydrogen-bond donors (Lipinski definition) is 1. The molecule has 3 rings (SSSR count). The highest BCUT2D eigenvalue weighted by molar-refractivity contribution is 6.01. The van der Waals surface area contributed by atoms with Crippen LogP contribution in [0.2, 0.25) is 0 Å². The first-order valence-electron chi connectivity index (χ1n) is 9.42. The van der Waals surface area contributed by atoms with Crippen LogP contribution in [0.25, 0.3) is 6.08 Å². The molecule has 8 heteroatoms. The largest absolute Gasteiger partial charge is 0.490 e. The smallest absolute Gasteiger partial charge is 0.345 e. The van der Waals surface area contributed by atoms with E-state index in [0.29, 0.717) is 29.2 Å². The van der Waals surface area contributed by atoms with Gasteiger partial charge in [-0.15, -0.1) is 0 Å². The van der Waals surface area contributed by atoms with Crippen LogP contribution in [-0.2, 0) is 11.3 Å². The summed E-state index contributed by atoms with van der Waals surface area (Å²) in [5, 5.41) is 12.0. The molecule has 0 spiro atoms. The van der Waals surface area contributed by atoms with E-state index in [9.17, 15) is 14.9 Å². The van der Waals surface area contributed by atoms with Crippen LogP contribution in [0, 0.1) is 11.3 Å². The first-order chi connectivity index (χ1) is 15.1. The van der Waals surface area contributed by atoms with E-state index >= 15 is 0 Å². The van der Waals surface area contributed by atoms with Gasteiger partial charge in [0.05, 0.1) is 25.0 Å². The predicted octanol–water partition coefficient (Wildman–Crippen LogP) is 3.52. The van der Waals surface area contributed by atoms with E-state index in [0.717, 1.165) is 0 Å². The van der Waals surface area contributed by atoms with Crippen LogP contribution in [0.3, 0.4) is 0 Å². The van der Waals surface area contributed by atoms with Gasteiger partial charge >= 0.3 is 5.97 Å². The van der Waals surface area contributed by atoms with Crippen LogP contribution in [0.4, 0.5) is 0 Å². The molecular formula is C23H19N3O5. The number of aromatic nitrogens is 1. The highest BCUT2D eigenvalue weighted by Crippen LogP contribution is 2.30. The second-order valence-electron chi connectivity index (χ2n) is 6.20. The Labute approximate surface area is 178 Å². The molecule has 156 valence electrons. The number of amides is 1. The van der Waals surface area contributed by atoms with Gasteiger partial charge in [-0.05, 0) is 55.0 Å². The van der Waals surface area contributed by atoms with Gasteiger partial charge in [-0.1, -0.05) is 6.07 Å². The number of rotatable bonds is 8. The molecule has 0 atom stereocenters. The van der Waals surface area contributed by atoms with Gasteiger partial charge in [0.2, 0.25) is 0 Å². The van der Waals surface area contributed by atoms with E-state index in [-0.39, 0.29) is 17.9 Å². The van der Waals surface area contributed by atoms with Crippen molar-refractivity contribution in [3.8, 4) is 17.6 Å². The number of esters is 1. The van der Waals surface area contributed by atoms with Gasteiger partial charge < -0.3 is 19.2 Å². The molecule has 0 aliphatic rings. The van der Waals surface area contributed by atoms with Crippen molar-refractivity contribution in [2.24, 2.45) is 0 Å². The number of nitrogens with one attached hydrogen (secondary N) is 1. The number of nitrogens with zero attached hydrogens (tertiary/aromatic N) is 2. The molecule has 1 amide bonds. The van der Waals surface area contributed by atoms with E-state index in [1.165, 1.54) is 18.5 Å². The lowest BCUT2D eigenvalue weighted by Crippen LogP contribution is -2.23. The van der Waals surface area contributed by atoms with Crippen molar-refractivity contribution in [3.05, 3.63) is 83.6 Å². The molecule has 1 aromatic carbocycles. The number of carbonyl (C=O) groups is 2. The van der Waals surface area contributed by atoms with E-state index in [1.807, 2.05) is 6.07 Å². The molecule has 1 N–H and O–H groups in total. The summed E-state index contributed by atoms with van der Waals surface area (Å²) in [4.78, 5) is 28.5. The van der Waals surface area contributed by atoms with Crippen molar-refractivity contribution in [2.45, 2.75) is 13.5 Å². The first kappa shape index (κ1) is 21.3. The van der Waals surface area contributed by atoms with Gasteiger partial charge in [0.1, 0.15) is 17.4 Å². The Hall–Kier alpha value is -4.38. The highest BCUT2D eigenvalue weighted by atomic mass is 16.6. The van der Waals surface area contributed by atoms with E-state index < -0.39 is 11.9 Å². The van der Waals surface area contributed by atoms with Gasteiger partial charge in [0.15, 0.2) is 11.5 Å². The maximum atomic E-state index is 12.3. The minimum Gasteiger partial charge on any atom is -0.490 e. The van der Waals surface area contributed by atoms with E-state index in [2.05, 4.69) is 10.3 Å². The zero-order valence-electron chi connectivity index (χ0n) is 16.7. The molecule has 8 nitrogen and oxygen atoms in total. The fourth-order valence-corrected chi connectivity index (χ4v) is 2.60. The van der Waals surface area contributed by atoms with E-state index in [1.54, 1.807) is 55.6 Å². The molecule has 2 aromatic heterocycles. The van der Waals surface area contributed by atoms with E-state index in [4.69, 9.17) is 13.9 Å². The SMILES string of the molecule is CCOc1cc(/C=C(\C#N)C(=O)NCc2ccco2)ccc1OC(=O)c1cccnc1. The summed E-state index contributed by atoms with van der Waals surface area (Å²) in [6.45, 7) is 2.29. The van der Waals surface area contributed by atoms with Gasteiger partial charge in [-0.2, -0.15) is 5.26 Å². The number of nitriles is 1. The van der Waals surface area contributed by atoms with Crippen molar-refractivity contribution in [1.29, 1.82) is 5.26 Å². The monoisotopic (exact) mass is 417 g/mol. The maximum Gasteiger partial charge on any atom is 0.345 e. The topological polar surface area (TPSA) is 114 Å². The Morgan fingerprint density at radius 1 is 1.23 bits per heavy atom. The molecule has 0 aliphatic heterocycles. The normalized spacial score (nSPS) is 10.8. The molecule has 0 aliphatic carbocycles. The Morgan fingerprint density at radius 3 is 2.77 bits per heavy atom. The summed E-state index contributed by atoms with van der Waals surface area (Å²) >= 11 is 0. The number of benzene rings is 1. The minimum absolute atomic E-state index is 0.0888. The fraction of sp³-hybridized carbons (Fsp3) is 0.130. The molecular weight excluding hydrogens is 398 g/mol. The summed E-state index contributed by atoms with van der Waals surface area (Å²) in [7, 11) is 0. The van der Waals surface area contributed by atoms with Crippen molar-refractivity contribution in [3.63, 3.8) is 0 Å². The Balaban J connectivity index is 1.77. The minimum atomic E-state index is -0.577. The van der Waals surface area contributed by atoms with Crippen LogP contribution in [0.15, 0.2) is 71.1 Å².